The van der Waals surface area contributed by atoms with Gasteiger partial charge < -0.3 is 4.57 Å². The SMILES string of the molecule is Cn1cc(C#N)nc1-c1cc(C#N)ccc1Br. The molecular formula is C12H7BrN4. The Hall–Kier alpha value is -2.11. The summed E-state index contributed by atoms with van der Waals surface area (Å²) in [6.45, 7) is 0. The smallest absolute Gasteiger partial charge is 0.159 e. The number of nitrogens with zero attached hydrogens (tertiary/aromatic N) is 4. The van der Waals surface area contributed by atoms with Crippen molar-refractivity contribution < 1.29 is 0 Å². The van der Waals surface area contributed by atoms with Gasteiger partial charge in [-0.1, -0.05) is 15.9 Å². The zero-order valence-electron chi connectivity index (χ0n) is 8.98. The van der Waals surface area contributed by atoms with E-state index in [9.17, 15) is 0 Å². The first-order valence-electron chi connectivity index (χ1n) is 4.79. The highest BCUT2D eigenvalue weighted by molar-refractivity contribution is 9.10. The van der Waals surface area contributed by atoms with Crippen LogP contribution in [0, 0.1) is 22.7 Å². The molecule has 2 rings (SSSR count). The first kappa shape index (κ1) is 11.4. The van der Waals surface area contributed by atoms with Crippen molar-refractivity contribution in [1.29, 1.82) is 10.5 Å². The minimum atomic E-state index is 0.358. The van der Waals surface area contributed by atoms with Crippen LogP contribution in [0.5, 0.6) is 0 Å². The molecule has 4 nitrogen and oxygen atoms in total. The molecule has 0 spiro atoms. The fourth-order valence-electron chi connectivity index (χ4n) is 1.54. The fourth-order valence-corrected chi connectivity index (χ4v) is 1.96. The van der Waals surface area contributed by atoms with Crippen molar-refractivity contribution in [2.24, 2.45) is 7.05 Å². The summed E-state index contributed by atoms with van der Waals surface area (Å²) >= 11 is 3.42. The van der Waals surface area contributed by atoms with Crippen molar-refractivity contribution in [3.05, 3.63) is 40.1 Å². The number of nitriles is 2. The number of halogens is 1. The molecule has 5 heteroatoms. The number of aryl methyl sites for hydroxylation is 1. The molecule has 1 aromatic heterocycles. The third-order valence-corrected chi connectivity index (χ3v) is 3.02. The van der Waals surface area contributed by atoms with Gasteiger partial charge in [0.25, 0.3) is 0 Å². The molecule has 0 unspecified atom stereocenters. The van der Waals surface area contributed by atoms with Gasteiger partial charge in [-0.15, -0.1) is 0 Å². The van der Waals surface area contributed by atoms with Gasteiger partial charge in [-0.2, -0.15) is 10.5 Å². The van der Waals surface area contributed by atoms with Gasteiger partial charge in [0, 0.05) is 23.3 Å². The second-order valence-electron chi connectivity index (χ2n) is 3.48. The van der Waals surface area contributed by atoms with Crippen LogP contribution in [0.3, 0.4) is 0 Å². The van der Waals surface area contributed by atoms with Crippen LogP contribution in [0.15, 0.2) is 28.9 Å². The second-order valence-corrected chi connectivity index (χ2v) is 4.33. The van der Waals surface area contributed by atoms with Crippen LogP contribution in [-0.2, 0) is 7.05 Å². The molecule has 0 aliphatic rings. The van der Waals surface area contributed by atoms with Crippen LogP contribution in [0.2, 0.25) is 0 Å². The monoisotopic (exact) mass is 286 g/mol. The Morgan fingerprint density at radius 1 is 1.29 bits per heavy atom. The summed E-state index contributed by atoms with van der Waals surface area (Å²) < 4.78 is 2.61. The Labute approximate surface area is 107 Å². The van der Waals surface area contributed by atoms with E-state index in [0.717, 1.165) is 10.0 Å². The highest BCUT2D eigenvalue weighted by atomic mass is 79.9. The van der Waals surface area contributed by atoms with Crippen LogP contribution in [-0.4, -0.2) is 9.55 Å². The quantitative estimate of drug-likeness (QED) is 0.809. The van der Waals surface area contributed by atoms with E-state index < -0.39 is 0 Å². The maximum Gasteiger partial charge on any atom is 0.159 e. The van der Waals surface area contributed by atoms with Crippen molar-refractivity contribution in [2.45, 2.75) is 0 Å². The van der Waals surface area contributed by atoms with Crippen molar-refractivity contribution in [3.63, 3.8) is 0 Å². The summed E-state index contributed by atoms with van der Waals surface area (Å²) in [4.78, 5) is 4.20. The average molecular weight is 287 g/mol. The predicted molar refractivity (Wildman–Crippen MR) is 65.8 cm³/mol. The minimum Gasteiger partial charge on any atom is -0.333 e. The normalized spacial score (nSPS) is 9.65. The molecule has 0 atom stereocenters. The molecule has 0 fully saturated rings. The summed E-state index contributed by atoms with van der Waals surface area (Å²) in [5.74, 6) is 0.658. The van der Waals surface area contributed by atoms with Crippen LogP contribution in [0.4, 0.5) is 0 Å². The van der Waals surface area contributed by atoms with Gasteiger partial charge >= 0.3 is 0 Å². The Morgan fingerprint density at radius 2 is 2.06 bits per heavy atom. The van der Waals surface area contributed by atoms with E-state index in [4.69, 9.17) is 10.5 Å². The molecule has 82 valence electrons. The second kappa shape index (κ2) is 4.40. The molecule has 1 aromatic carbocycles. The Bertz CT molecular complexity index is 658. The van der Waals surface area contributed by atoms with Crippen molar-refractivity contribution >= 4 is 15.9 Å². The summed E-state index contributed by atoms with van der Waals surface area (Å²) in [5, 5.41) is 17.7. The lowest BCUT2D eigenvalue weighted by molar-refractivity contribution is 0.923. The van der Waals surface area contributed by atoms with E-state index in [-0.39, 0.29) is 0 Å². The van der Waals surface area contributed by atoms with E-state index in [1.807, 2.05) is 13.1 Å². The highest BCUT2D eigenvalue weighted by Gasteiger charge is 2.11. The predicted octanol–water partition coefficient (Wildman–Crippen LogP) is 2.59. The maximum atomic E-state index is 8.88. The third kappa shape index (κ3) is 2.06. The van der Waals surface area contributed by atoms with E-state index in [1.54, 1.807) is 29.0 Å². The van der Waals surface area contributed by atoms with Crippen molar-refractivity contribution in [2.75, 3.05) is 0 Å². The van der Waals surface area contributed by atoms with Gasteiger partial charge in [-0.05, 0) is 18.2 Å². The van der Waals surface area contributed by atoms with E-state index >= 15 is 0 Å². The number of hydrogen-bond acceptors (Lipinski definition) is 3. The Morgan fingerprint density at radius 3 is 2.65 bits per heavy atom. The molecule has 2 aromatic rings. The average Bonchev–Trinajstić information content (AvgIpc) is 2.71. The van der Waals surface area contributed by atoms with E-state index in [0.29, 0.717) is 17.1 Å². The fraction of sp³-hybridized carbons (Fsp3) is 0.0833. The largest absolute Gasteiger partial charge is 0.333 e. The standard InChI is InChI=1S/C12H7BrN4/c1-17-7-9(6-15)16-12(17)10-4-8(5-14)2-3-11(10)13/h2-4,7H,1H3. The molecule has 0 aliphatic carbocycles. The van der Waals surface area contributed by atoms with Crippen molar-refractivity contribution in [3.8, 4) is 23.5 Å². The molecule has 0 aliphatic heterocycles. The van der Waals surface area contributed by atoms with Crippen LogP contribution in [0.1, 0.15) is 11.3 Å². The van der Waals surface area contributed by atoms with Gasteiger partial charge in [0.2, 0.25) is 0 Å². The Balaban J connectivity index is 2.64. The highest BCUT2D eigenvalue weighted by Crippen LogP contribution is 2.28. The number of aromatic nitrogens is 2. The lowest BCUT2D eigenvalue weighted by atomic mass is 10.1. The summed E-state index contributed by atoms with van der Waals surface area (Å²) in [5.41, 5.74) is 1.72. The maximum absolute atomic E-state index is 8.88. The van der Waals surface area contributed by atoms with Gasteiger partial charge in [0.15, 0.2) is 5.69 Å². The topological polar surface area (TPSA) is 65.4 Å². The Kier molecular flexibility index (Phi) is 2.95. The van der Waals surface area contributed by atoms with E-state index in [2.05, 4.69) is 27.0 Å². The molecule has 0 amide bonds. The minimum absolute atomic E-state index is 0.358. The molecule has 17 heavy (non-hydrogen) atoms. The van der Waals surface area contributed by atoms with Crippen LogP contribution >= 0.6 is 15.9 Å². The molecule has 0 N–H and O–H groups in total. The van der Waals surface area contributed by atoms with Gasteiger partial charge in [0.05, 0.1) is 11.6 Å². The molecule has 0 saturated heterocycles. The number of hydrogen-bond donors (Lipinski definition) is 0. The number of imidazole rings is 1. The first-order chi connectivity index (χ1) is 8.15. The number of benzene rings is 1. The third-order valence-electron chi connectivity index (χ3n) is 2.33. The van der Waals surface area contributed by atoms with Crippen LogP contribution < -0.4 is 0 Å². The van der Waals surface area contributed by atoms with Gasteiger partial charge in [0.1, 0.15) is 11.9 Å². The first-order valence-corrected chi connectivity index (χ1v) is 5.58. The molecule has 1 heterocycles. The summed E-state index contributed by atoms with van der Waals surface area (Å²) in [6.07, 6.45) is 1.65. The molecular weight excluding hydrogens is 280 g/mol. The number of rotatable bonds is 1. The molecule has 0 bridgehead atoms. The molecule has 0 radical (unpaired) electrons. The summed E-state index contributed by atoms with van der Waals surface area (Å²) in [7, 11) is 1.81. The van der Waals surface area contributed by atoms with Crippen molar-refractivity contribution in [1.82, 2.24) is 9.55 Å². The molecule has 0 saturated carbocycles. The van der Waals surface area contributed by atoms with Crippen LogP contribution in [0.25, 0.3) is 11.4 Å². The van der Waals surface area contributed by atoms with E-state index in [1.165, 1.54) is 0 Å². The lowest BCUT2D eigenvalue weighted by Crippen LogP contribution is -1.92. The zero-order valence-corrected chi connectivity index (χ0v) is 10.6. The van der Waals surface area contributed by atoms with Gasteiger partial charge in [-0.3, -0.25) is 0 Å². The zero-order chi connectivity index (χ0) is 12.4. The van der Waals surface area contributed by atoms with Gasteiger partial charge in [-0.25, -0.2) is 4.98 Å². The summed E-state index contributed by atoms with van der Waals surface area (Å²) in [6, 6.07) is 9.34. The lowest BCUT2D eigenvalue weighted by Gasteiger charge is -2.04.